The highest BCUT2D eigenvalue weighted by molar-refractivity contribution is 5.95. The van der Waals surface area contributed by atoms with Gasteiger partial charge in [0.15, 0.2) is 0 Å². The molecule has 2 amide bonds. The Kier molecular flexibility index (Phi) is 7.76. The molecule has 4 aromatic carbocycles. The number of aromatic hydroxyl groups is 1. The van der Waals surface area contributed by atoms with Crippen LogP contribution in [0.25, 0.3) is 22.3 Å². The number of imidazole rings is 1. The summed E-state index contributed by atoms with van der Waals surface area (Å²) in [6.07, 6.45) is 6.07. The van der Waals surface area contributed by atoms with Crippen molar-refractivity contribution in [3.05, 3.63) is 126 Å². The number of phenolic OH excluding ortho intramolecular Hbond substituents is 1. The molecule has 0 atom stereocenters. The topological polar surface area (TPSA) is 109 Å². The minimum absolute atomic E-state index is 0.110. The maximum Gasteiger partial charge on any atom is 0.347 e. The first-order chi connectivity index (χ1) is 22.4. The molecule has 4 heterocycles. The summed E-state index contributed by atoms with van der Waals surface area (Å²) in [6, 6.07) is 28.6. The van der Waals surface area contributed by atoms with Gasteiger partial charge in [0.25, 0.3) is 0 Å². The number of rotatable bonds is 1. The van der Waals surface area contributed by atoms with Crippen LogP contribution >= 0.6 is 0 Å². The van der Waals surface area contributed by atoms with Gasteiger partial charge in [-0.15, -0.1) is 5.10 Å². The van der Waals surface area contributed by atoms with Crippen LogP contribution < -0.4 is 4.90 Å². The highest BCUT2D eigenvalue weighted by Gasteiger charge is 2.25. The smallest absolute Gasteiger partial charge is 0.347 e. The normalized spacial score (nSPS) is 13.8. The average molecular weight is 612 g/mol. The monoisotopic (exact) mass is 611 g/mol. The number of anilines is 1. The maximum atomic E-state index is 12.9. The number of hydrogen-bond donors (Lipinski definition) is 1. The van der Waals surface area contributed by atoms with Gasteiger partial charge < -0.3 is 10.0 Å². The van der Waals surface area contributed by atoms with Crippen molar-refractivity contribution in [2.24, 2.45) is 0 Å². The van der Waals surface area contributed by atoms with Crippen LogP contribution in [0.1, 0.15) is 28.7 Å². The number of benzene rings is 4. The van der Waals surface area contributed by atoms with E-state index in [4.69, 9.17) is 0 Å². The second kappa shape index (κ2) is 12.3. The summed E-state index contributed by atoms with van der Waals surface area (Å²) < 4.78 is 2.90. The Bertz CT molecular complexity index is 2060. The van der Waals surface area contributed by atoms with Gasteiger partial charge in [0, 0.05) is 37.1 Å². The van der Waals surface area contributed by atoms with E-state index >= 15 is 0 Å². The van der Waals surface area contributed by atoms with Crippen molar-refractivity contribution in [3.63, 3.8) is 0 Å². The number of aryl methyl sites for hydroxylation is 2. The van der Waals surface area contributed by atoms with Crippen molar-refractivity contribution in [1.82, 2.24) is 29.4 Å². The predicted molar refractivity (Wildman–Crippen MR) is 176 cm³/mol. The van der Waals surface area contributed by atoms with E-state index < -0.39 is 0 Å². The van der Waals surface area contributed by atoms with Gasteiger partial charge in [-0.1, -0.05) is 71.4 Å². The highest BCUT2D eigenvalue weighted by Crippen LogP contribution is 2.28. The van der Waals surface area contributed by atoms with Gasteiger partial charge in [-0.2, -0.15) is 4.68 Å². The molecule has 230 valence electrons. The third kappa shape index (κ3) is 5.72. The Labute approximate surface area is 266 Å². The fourth-order valence-corrected chi connectivity index (χ4v) is 6.11. The number of carbonyl (C=O) groups is 2. The van der Waals surface area contributed by atoms with E-state index in [-0.39, 0.29) is 17.8 Å². The van der Waals surface area contributed by atoms with Crippen molar-refractivity contribution < 1.29 is 14.7 Å². The molecule has 0 saturated carbocycles. The van der Waals surface area contributed by atoms with Crippen LogP contribution in [-0.4, -0.2) is 59.7 Å². The Morgan fingerprint density at radius 3 is 2.54 bits per heavy atom. The van der Waals surface area contributed by atoms with Gasteiger partial charge in [0.1, 0.15) is 17.6 Å². The number of aromatic nitrogens is 5. The van der Waals surface area contributed by atoms with E-state index in [0.717, 1.165) is 41.5 Å². The van der Waals surface area contributed by atoms with Crippen LogP contribution in [0.15, 0.2) is 104 Å². The molecule has 46 heavy (non-hydrogen) atoms. The molecular formula is C36H33N7O3. The number of fused-ring (bicyclic) bond motifs is 3. The Morgan fingerprint density at radius 1 is 0.804 bits per heavy atom. The molecule has 2 aliphatic rings. The van der Waals surface area contributed by atoms with Gasteiger partial charge in [-0.25, -0.2) is 14.6 Å². The highest BCUT2D eigenvalue weighted by atomic mass is 16.3. The number of phenols is 1. The van der Waals surface area contributed by atoms with Crippen molar-refractivity contribution >= 4 is 28.8 Å². The molecule has 8 rings (SSSR count). The zero-order valence-electron chi connectivity index (χ0n) is 25.5. The molecule has 2 aliphatic heterocycles. The standard InChI is InChI=1S/C19H17N3O2.C17H16N4O/c23-16-8-3-6-15(11-16)17-12-21(13-20-17)19(24)22-10-4-7-14-5-1-2-9-18(14)22;1-12-6-7-13-8-9-20(11-14(13)10-12)17(22)21-16-5-3-2-4-15(16)18-19-21/h1-3,5-6,8-9,11-13,23H,4,7,10H2;2-7,10H,8-9,11H2,1H3. The first kappa shape index (κ1) is 29.0. The third-order valence-electron chi connectivity index (χ3n) is 8.46. The van der Waals surface area contributed by atoms with Crippen molar-refractivity contribution in [2.45, 2.75) is 32.7 Å². The number of hydrogen-bond acceptors (Lipinski definition) is 6. The zero-order valence-corrected chi connectivity index (χ0v) is 25.5. The van der Waals surface area contributed by atoms with Crippen molar-refractivity contribution in [3.8, 4) is 17.0 Å². The van der Waals surface area contributed by atoms with Crippen LogP contribution in [0.2, 0.25) is 0 Å². The van der Waals surface area contributed by atoms with Gasteiger partial charge in [-0.05, 0) is 73.2 Å². The fraction of sp³-hybridized carbons (Fsp3) is 0.194. The summed E-state index contributed by atoms with van der Waals surface area (Å²) in [5.74, 6) is 0.179. The predicted octanol–water partition coefficient (Wildman–Crippen LogP) is 6.44. The molecular weight excluding hydrogens is 578 g/mol. The summed E-state index contributed by atoms with van der Waals surface area (Å²) in [5, 5.41) is 17.7. The molecule has 0 bridgehead atoms. The third-order valence-corrected chi connectivity index (χ3v) is 8.46. The summed E-state index contributed by atoms with van der Waals surface area (Å²) in [7, 11) is 0. The number of carbonyl (C=O) groups excluding carboxylic acids is 2. The number of nitrogens with zero attached hydrogens (tertiary/aromatic N) is 7. The quantitative estimate of drug-likeness (QED) is 0.229. The zero-order chi connectivity index (χ0) is 31.6. The van der Waals surface area contributed by atoms with E-state index in [1.807, 2.05) is 53.4 Å². The molecule has 0 unspecified atom stereocenters. The lowest BCUT2D eigenvalue weighted by Gasteiger charge is -2.29. The second-order valence-electron chi connectivity index (χ2n) is 11.6. The van der Waals surface area contributed by atoms with Crippen LogP contribution in [0.3, 0.4) is 0 Å². The lowest BCUT2D eigenvalue weighted by atomic mass is 9.98. The van der Waals surface area contributed by atoms with Crippen molar-refractivity contribution in [2.75, 3.05) is 18.0 Å². The van der Waals surface area contributed by atoms with E-state index in [9.17, 15) is 14.7 Å². The number of para-hydroxylation sites is 2. The van der Waals surface area contributed by atoms with Gasteiger partial charge in [0.05, 0.1) is 11.2 Å². The summed E-state index contributed by atoms with van der Waals surface area (Å²) >= 11 is 0. The second-order valence-corrected chi connectivity index (χ2v) is 11.6. The van der Waals surface area contributed by atoms with E-state index in [1.54, 1.807) is 29.3 Å². The van der Waals surface area contributed by atoms with Gasteiger partial charge >= 0.3 is 12.1 Å². The summed E-state index contributed by atoms with van der Waals surface area (Å²) in [6.45, 7) is 4.12. The molecule has 0 spiro atoms. The van der Waals surface area contributed by atoms with Crippen LogP contribution in [-0.2, 0) is 19.4 Å². The molecule has 0 radical (unpaired) electrons. The molecule has 0 aliphatic carbocycles. The molecule has 6 aromatic rings. The minimum atomic E-state index is -0.110. The molecule has 10 nitrogen and oxygen atoms in total. The minimum Gasteiger partial charge on any atom is -0.508 e. The van der Waals surface area contributed by atoms with Gasteiger partial charge in [0.2, 0.25) is 0 Å². The Hall–Kier alpha value is -5.77. The van der Waals surface area contributed by atoms with Crippen LogP contribution in [0.4, 0.5) is 15.3 Å². The summed E-state index contributed by atoms with van der Waals surface area (Å²) in [4.78, 5) is 33.6. The average Bonchev–Trinajstić information content (AvgIpc) is 3.76. The molecule has 10 heteroatoms. The summed E-state index contributed by atoms with van der Waals surface area (Å²) in [5.41, 5.74) is 8.88. The maximum absolute atomic E-state index is 12.9. The lowest BCUT2D eigenvalue weighted by molar-refractivity contribution is 0.191. The number of amides is 2. The SMILES string of the molecule is Cc1ccc2c(c1)CN(C(=O)n1nnc3ccccc31)CC2.O=C(N1CCCc2ccccc21)n1cnc(-c2cccc(O)c2)c1. The largest absolute Gasteiger partial charge is 0.508 e. The lowest BCUT2D eigenvalue weighted by Crippen LogP contribution is -2.39. The Morgan fingerprint density at radius 2 is 1.65 bits per heavy atom. The molecule has 0 fully saturated rings. The van der Waals surface area contributed by atoms with E-state index in [0.29, 0.717) is 25.3 Å². The van der Waals surface area contributed by atoms with E-state index in [2.05, 4.69) is 46.5 Å². The van der Waals surface area contributed by atoms with Gasteiger partial charge in [-0.3, -0.25) is 9.47 Å². The fourth-order valence-electron chi connectivity index (χ4n) is 6.11. The Balaban J connectivity index is 0.000000147. The molecule has 1 N–H and O–H groups in total. The van der Waals surface area contributed by atoms with Crippen molar-refractivity contribution in [1.29, 1.82) is 0 Å². The van der Waals surface area contributed by atoms with E-state index in [1.165, 1.54) is 37.8 Å². The molecule has 2 aromatic heterocycles. The van der Waals surface area contributed by atoms with Crippen LogP contribution in [0.5, 0.6) is 5.75 Å². The first-order valence-electron chi connectivity index (χ1n) is 15.4. The first-order valence-corrected chi connectivity index (χ1v) is 15.4. The van der Waals surface area contributed by atoms with Crippen LogP contribution in [0, 0.1) is 6.92 Å². The molecule has 0 saturated heterocycles.